The Bertz CT molecular complexity index is 805. The smallest absolute Gasteiger partial charge is 0.227 e. The largest absolute Gasteiger partial charge is 0.496 e. The molecule has 5 nitrogen and oxygen atoms in total. The number of rotatable bonds is 6. The number of hydrogen-bond acceptors (Lipinski definition) is 4. The average Bonchev–Trinajstić information content (AvgIpc) is 3.27. The van der Waals surface area contributed by atoms with Gasteiger partial charge in [0.05, 0.1) is 32.3 Å². The number of morpholine rings is 1. The van der Waals surface area contributed by atoms with Gasteiger partial charge in [0.25, 0.3) is 0 Å². The van der Waals surface area contributed by atoms with Crippen molar-refractivity contribution in [2.45, 2.75) is 31.4 Å². The van der Waals surface area contributed by atoms with Crippen LogP contribution in [-0.4, -0.2) is 61.7 Å². The number of hydrogen-bond donors (Lipinski definition) is 0. The van der Waals surface area contributed by atoms with Gasteiger partial charge in [-0.05, 0) is 37.6 Å². The highest BCUT2D eigenvalue weighted by atomic mass is 16.5. The summed E-state index contributed by atoms with van der Waals surface area (Å²) in [5.41, 5.74) is 2.07. The van der Waals surface area contributed by atoms with Crippen molar-refractivity contribution < 1.29 is 14.3 Å². The van der Waals surface area contributed by atoms with E-state index < -0.39 is 0 Å². The first-order chi connectivity index (χ1) is 14.3. The van der Waals surface area contributed by atoms with Gasteiger partial charge in [0.15, 0.2) is 0 Å². The average molecular weight is 395 g/mol. The van der Waals surface area contributed by atoms with Gasteiger partial charge in [-0.3, -0.25) is 4.79 Å². The fraction of sp³-hybridized carbons (Fsp3) is 0.458. The lowest BCUT2D eigenvalue weighted by Crippen LogP contribution is -2.52. The molecule has 2 heterocycles. The number of amides is 1. The highest BCUT2D eigenvalue weighted by Crippen LogP contribution is 2.32. The summed E-state index contributed by atoms with van der Waals surface area (Å²) in [7, 11) is 1.65. The topological polar surface area (TPSA) is 42.0 Å². The highest BCUT2D eigenvalue weighted by Gasteiger charge is 2.37. The Morgan fingerprint density at radius 2 is 1.76 bits per heavy atom. The van der Waals surface area contributed by atoms with Crippen LogP contribution in [0.15, 0.2) is 54.6 Å². The maximum absolute atomic E-state index is 13.4. The molecular weight excluding hydrogens is 364 g/mol. The number of methoxy groups -OCH3 is 1. The van der Waals surface area contributed by atoms with Crippen molar-refractivity contribution in [3.05, 3.63) is 65.7 Å². The molecule has 2 aliphatic rings. The van der Waals surface area contributed by atoms with Crippen molar-refractivity contribution in [2.75, 3.05) is 39.9 Å². The molecule has 1 amide bonds. The SMILES string of the molecule is COc1ccccc1CC(=O)N1CCO[C@@H](CN2CCCC2)[C@@H]1c1ccccc1. The summed E-state index contributed by atoms with van der Waals surface area (Å²) >= 11 is 0. The van der Waals surface area contributed by atoms with Gasteiger partial charge in [0, 0.05) is 18.7 Å². The predicted molar refractivity (Wildman–Crippen MR) is 113 cm³/mol. The molecule has 4 rings (SSSR count). The Labute approximate surface area is 173 Å². The monoisotopic (exact) mass is 394 g/mol. The minimum absolute atomic E-state index is 0.00845. The Balaban J connectivity index is 1.58. The lowest BCUT2D eigenvalue weighted by atomic mass is 9.96. The maximum atomic E-state index is 13.4. The van der Waals surface area contributed by atoms with Crippen LogP contribution in [0.3, 0.4) is 0 Å². The van der Waals surface area contributed by atoms with E-state index >= 15 is 0 Å². The van der Waals surface area contributed by atoms with E-state index in [1.54, 1.807) is 7.11 Å². The van der Waals surface area contributed by atoms with Gasteiger partial charge in [-0.1, -0.05) is 48.5 Å². The van der Waals surface area contributed by atoms with Crippen molar-refractivity contribution >= 4 is 5.91 Å². The van der Waals surface area contributed by atoms with Crippen molar-refractivity contribution in [3.63, 3.8) is 0 Å². The zero-order valence-corrected chi connectivity index (χ0v) is 17.1. The van der Waals surface area contributed by atoms with Crippen LogP contribution < -0.4 is 4.74 Å². The number of carbonyl (C=O) groups excluding carboxylic acids is 1. The third-order valence-electron chi connectivity index (χ3n) is 5.98. The van der Waals surface area contributed by atoms with Crippen LogP contribution in [0.2, 0.25) is 0 Å². The van der Waals surface area contributed by atoms with Crippen LogP contribution in [0.25, 0.3) is 0 Å². The maximum Gasteiger partial charge on any atom is 0.227 e. The molecule has 0 aromatic heterocycles. The fourth-order valence-corrected chi connectivity index (χ4v) is 4.54. The van der Waals surface area contributed by atoms with Crippen molar-refractivity contribution in [1.82, 2.24) is 9.80 Å². The van der Waals surface area contributed by atoms with Crippen molar-refractivity contribution in [1.29, 1.82) is 0 Å². The first kappa shape index (κ1) is 19.9. The number of carbonyl (C=O) groups is 1. The molecule has 2 aliphatic heterocycles. The molecule has 2 aromatic carbocycles. The summed E-state index contributed by atoms with van der Waals surface area (Å²) in [6.07, 6.45) is 2.83. The number of benzene rings is 2. The lowest BCUT2D eigenvalue weighted by Gasteiger charge is -2.43. The van der Waals surface area contributed by atoms with Gasteiger partial charge in [0.1, 0.15) is 5.75 Å². The van der Waals surface area contributed by atoms with E-state index in [-0.39, 0.29) is 18.1 Å². The van der Waals surface area contributed by atoms with E-state index in [9.17, 15) is 4.79 Å². The molecule has 0 radical (unpaired) electrons. The molecule has 0 spiro atoms. The van der Waals surface area contributed by atoms with E-state index in [1.165, 1.54) is 12.8 Å². The van der Waals surface area contributed by atoms with E-state index in [0.717, 1.165) is 36.5 Å². The second-order valence-corrected chi connectivity index (χ2v) is 7.85. The minimum atomic E-state index is -0.0623. The molecule has 2 aromatic rings. The minimum Gasteiger partial charge on any atom is -0.496 e. The molecule has 0 N–H and O–H groups in total. The molecule has 29 heavy (non-hydrogen) atoms. The number of nitrogens with zero attached hydrogens (tertiary/aromatic N) is 2. The molecule has 0 unspecified atom stereocenters. The quantitative estimate of drug-likeness (QED) is 0.754. The lowest BCUT2D eigenvalue weighted by molar-refractivity contribution is -0.147. The van der Waals surface area contributed by atoms with Crippen molar-refractivity contribution in [3.8, 4) is 5.75 Å². The molecule has 2 atom stereocenters. The van der Waals surface area contributed by atoms with Gasteiger partial charge in [-0.2, -0.15) is 0 Å². The van der Waals surface area contributed by atoms with E-state index in [0.29, 0.717) is 19.6 Å². The fourth-order valence-electron chi connectivity index (χ4n) is 4.54. The molecular formula is C24H30N2O3. The molecule has 2 fully saturated rings. The number of likely N-dealkylation sites (tertiary alicyclic amines) is 1. The van der Waals surface area contributed by atoms with E-state index in [2.05, 4.69) is 17.0 Å². The van der Waals surface area contributed by atoms with Gasteiger partial charge >= 0.3 is 0 Å². The van der Waals surface area contributed by atoms with E-state index in [1.807, 2.05) is 47.4 Å². The highest BCUT2D eigenvalue weighted by molar-refractivity contribution is 5.80. The van der Waals surface area contributed by atoms with Crippen LogP contribution in [0.5, 0.6) is 5.75 Å². The van der Waals surface area contributed by atoms with Gasteiger partial charge in [-0.15, -0.1) is 0 Å². The summed E-state index contributed by atoms with van der Waals surface area (Å²) in [5, 5.41) is 0. The van der Waals surface area contributed by atoms with Crippen molar-refractivity contribution in [2.24, 2.45) is 0 Å². The third-order valence-corrected chi connectivity index (χ3v) is 5.98. The van der Waals surface area contributed by atoms with Crippen LogP contribution in [0.1, 0.15) is 30.0 Å². The Morgan fingerprint density at radius 1 is 1.03 bits per heavy atom. The zero-order valence-electron chi connectivity index (χ0n) is 17.1. The summed E-state index contributed by atoms with van der Waals surface area (Å²) in [6.45, 7) is 4.31. The molecule has 154 valence electrons. The van der Waals surface area contributed by atoms with Crippen LogP contribution in [0, 0.1) is 0 Å². The standard InChI is InChI=1S/C24H30N2O3/c1-28-21-12-6-5-11-20(21)17-23(27)26-15-16-29-22(18-25-13-7-8-14-25)24(26)19-9-3-2-4-10-19/h2-6,9-12,22,24H,7-8,13-18H2,1H3/t22-,24-/m0/s1. The zero-order chi connectivity index (χ0) is 20.1. The molecule has 2 saturated heterocycles. The molecule has 0 bridgehead atoms. The second-order valence-electron chi connectivity index (χ2n) is 7.85. The van der Waals surface area contributed by atoms with E-state index in [4.69, 9.17) is 9.47 Å². The van der Waals surface area contributed by atoms with Gasteiger partial charge in [0.2, 0.25) is 5.91 Å². The Morgan fingerprint density at radius 3 is 2.52 bits per heavy atom. The Hall–Kier alpha value is -2.37. The van der Waals surface area contributed by atoms with Crippen LogP contribution >= 0.6 is 0 Å². The predicted octanol–water partition coefficient (Wildman–Crippen LogP) is 3.30. The summed E-state index contributed by atoms with van der Waals surface area (Å²) in [5.74, 6) is 0.886. The molecule has 0 aliphatic carbocycles. The first-order valence-electron chi connectivity index (χ1n) is 10.6. The number of ether oxygens (including phenoxy) is 2. The van der Waals surface area contributed by atoms with Crippen LogP contribution in [-0.2, 0) is 16.0 Å². The second kappa shape index (κ2) is 9.42. The number of para-hydroxylation sites is 1. The normalized spacial score (nSPS) is 22.6. The third kappa shape index (κ3) is 4.62. The Kier molecular flexibility index (Phi) is 6.47. The first-order valence-corrected chi connectivity index (χ1v) is 10.6. The van der Waals surface area contributed by atoms with Crippen LogP contribution in [0.4, 0.5) is 0 Å². The summed E-state index contributed by atoms with van der Waals surface area (Å²) in [6, 6.07) is 18.0. The van der Waals surface area contributed by atoms with Gasteiger partial charge in [-0.25, -0.2) is 0 Å². The molecule has 5 heteroatoms. The molecule has 0 saturated carbocycles. The summed E-state index contributed by atoms with van der Waals surface area (Å²) in [4.78, 5) is 17.9. The summed E-state index contributed by atoms with van der Waals surface area (Å²) < 4.78 is 11.7. The van der Waals surface area contributed by atoms with Gasteiger partial charge < -0.3 is 19.3 Å².